The van der Waals surface area contributed by atoms with Gasteiger partial charge in [0.25, 0.3) is 5.91 Å². The van der Waals surface area contributed by atoms with E-state index < -0.39 is 12.0 Å². The number of rotatable bonds is 6. The molecule has 0 aliphatic rings. The van der Waals surface area contributed by atoms with Crippen molar-refractivity contribution in [2.24, 2.45) is 11.7 Å². The Morgan fingerprint density at radius 3 is 2.16 bits per heavy atom. The summed E-state index contributed by atoms with van der Waals surface area (Å²) in [5.74, 6) is -0.879. The molecule has 0 bridgehead atoms. The Labute approximate surface area is 148 Å². The molecule has 0 saturated carbocycles. The van der Waals surface area contributed by atoms with Gasteiger partial charge in [-0.25, -0.2) is 0 Å². The molecular weight excluding hydrogens is 314 g/mol. The van der Waals surface area contributed by atoms with Gasteiger partial charge < -0.3 is 16.4 Å². The molecule has 0 aliphatic carbocycles. The average Bonchev–Trinajstić information content (AvgIpc) is 2.61. The number of hydrogen-bond acceptors (Lipinski definition) is 3. The lowest BCUT2D eigenvalue weighted by Gasteiger charge is -2.21. The maximum absolute atomic E-state index is 12.6. The second-order valence-corrected chi connectivity index (χ2v) is 6.39. The quantitative estimate of drug-likeness (QED) is 0.756. The zero-order chi connectivity index (χ0) is 18.4. The zero-order valence-electron chi connectivity index (χ0n) is 14.8. The summed E-state index contributed by atoms with van der Waals surface area (Å²) in [6.07, 6.45) is 0. The highest BCUT2D eigenvalue weighted by Crippen LogP contribution is 2.22. The minimum absolute atomic E-state index is 0.0154. The number of anilines is 1. The highest BCUT2D eigenvalue weighted by Gasteiger charge is 2.23. The number of hydrogen-bond donors (Lipinski definition) is 3. The fourth-order valence-corrected chi connectivity index (χ4v) is 2.50. The molecule has 2 rings (SSSR count). The molecule has 5 nitrogen and oxygen atoms in total. The van der Waals surface area contributed by atoms with E-state index in [-0.39, 0.29) is 17.9 Å². The Kier molecular flexibility index (Phi) is 6.31. The van der Waals surface area contributed by atoms with Crippen molar-refractivity contribution in [3.8, 4) is 0 Å². The Balaban J connectivity index is 2.14. The maximum Gasteiger partial charge on any atom is 0.253 e. The number of benzene rings is 2. The Bertz CT molecular complexity index is 729. The van der Waals surface area contributed by atoms with Crippen LogP contribution < -0.4 is 16.4 Å². The lowest BCUT2D eigenvalue weighted by molar-refractivity contribution is -0.120. The Hall–Kier alpha value is -2.66. The molecule has 2 aromatic rings. The maximum atomic E-state index is 12.6. The predicted octanol–water partition coefficient (Wildman–Crippen LogP) is 3.10. The van der Waals surface area contributed by atoms with Gasteiger partial charge in [-0.3, -0.25) is 9.59 Å². The van der Waals surface area contributed by atoms with Crippen LogP contribution in [0.5, 0.6) is 0 Å². The van der Waals surface area contributed by atoms with Crippen LogP contribution in [0, 0.1) is 5.92 Å². The summed E-state index contributed by atoms with van der Waals surface area (Å²) in [5.41, 5.74) is 8.04. The van der Waals surface area contributed by atoms with Crippen molar-refractivity contribution in [1.82, 2.24) is 5.32 Å². The Morgan fingerprint density at radius 2 is 1.52 bits per heavy atom. The van der Waals surface area contributed by atoms with E-state index in [1.54, 1.807) is 31.2 Å². The highest BCUT2D eigenvalue weighted by atomic mass is 16.2. The van der Waals surface area contributed by atoms with E-state index in [0.29, 0.717) is 11.3 Å². The van der Waals surface area contributed by atoms with Crippen molar-refractivity contribution >= 4 is 17.5 Å². The Morgan fingerprint density at radius 1 is 0.920 bits per heavy atom. The van der Waals surface area contributed by atoms with Gasteiger partial charge in [-0.2, -0.15) is 0 Å². The lowest BCUT2D eigenvalue weighted by atomic mass is 9.94. The van der Waals surface area contributed by atoms with E-state index in [2.05, 4.69) is 10.6 Å². The van der Waals surface area contributed by atoms with E-state index in [0.717, 1.165) is 5.56 Å². The van der Waals surface area contributed by atoms with Gasteiger partial charge in [-0.15, -0.1) is 0 Å². The van der Waals surface area contributed by atoms with Gasteiger partial charge in [-0.1, -0.05) is 49.4 Å². The number of nitrogens with two attached hydrogens (primary N) is 1. The van der Waals surface area contributed by atoms with Crippen LogP contribution >= 0.6 is 0 Å². The van der Waals surface area contributed by atoms with Crippen LogP contribution in [0.25, 0.3) is 0 Å². The minimum atomic E-state index is -0.441. The molecule has 5 heteroatoms. The van der Waals surface area contributed by atoms with Crippen molar-refractivity contribution in [2.75, 3.05) is 5.32 Å². The van der Waals surface area contributed by atoms with Crippen LogP contribution in [0.15, 0.2) is 54.6 Å². The topological polar surface area (TPSA) is 84.2 Å². The van der Waals surface area contributed by atoms with Gasteiger partial charge in [0, 0.05) is 12.1 Å². The second kappa shape index (κ2) is 8.44. The summed E-state index contributed by atoms with van der Waals surface area (Å²) < 4.78 is 0. The largest absolute Gasteiger partial charge is 0.350 e. The number of carbonyl (C=O) groups excluding carboxylic acids is 2. The third-order valence-corrected chi connectivity index (χ3v) is 3.99. The number of amides is 2. The summed E-state index contributed by atoms with van der Waals surface area (Å²) in [4.78, 5) is 24.9. The highest BCUT2D eigenvalue weighted by molar-refractivity contribution is 6.04. The fraction of sp³-hybridized carbons (Fsp3) is 0.300. The molecular formula is C20H25N3O2. The molecule has 2 unspecified atom stereocenters. The fourth-order valence-electron chi connectivity index (χ4n) is 2.50. The summed E-state index contributed by atoms with van der Waals surface area (Å²) >= 11 is 0. The third kappa shape index (κ3) is 4.90. The molecule has 2 aromatic carbocycles. The summed E-state index contributed by atoms with van der Waals surface area (Å²) in [5, 5.41) is 5.67. The smallest absolute Gasteiger partial charge is 0.253 e. The van der Waals surface area contributed by atoms with Crippen LogP contribution in [0.1, 0.15) is 42.7 Å². The minimum Gasteiger partial charge on any atom is -0.350 e. The molecule has 0 aliphatic heterocycles. The molecule has 4 N–H and O–H groups in total. The zero-order valence-corrected chi connectivity index (χ0v) is 14.8. The molecule has 0 aromatic heterocycles. The standard InChI is InChI=1S/C20H25N3O2/c1-13(2)22-20(25)16-11-7-8-12-17(16)23-19(24)14(3)18(21)15-9-5-4-6-10-15/h4-14,18H,21H2,1-3H3,(H,22,25)(H,23,24). The van der Waals surface area contributed by atoms with Crippen LogP contribution in [0.2, 0.25) is 0 Å². The monoisotopic (exact) mass is 339 g/mol. The SMILES string of the molecule is CC(C)NC(=O)c1ccccc1NC(=O)C(C)C(N)c1ccccc1. The van der Waals surface area contributed by atoms with Crippen LogP contribution in [-0.4, -0.2) is 17.9 Å². The van der Waals surface area contributed by atoms with Gasteiger partial charge in [0.1, 0.15) is 0 Å². The first-order chi connectivity index (χ1) is 11.9. The van der Waals surface area contributed by atoms with Crippen LogP contribution in [0.4, 0.5) is 5.69 Å². The van der Waals surface area contributed by atoms with Crippen molar-refractivity contribution in [2.45, 2.75) is 32.9 Å². The van der Waals surface area contributed by atoms with Crippen molar-refractivity contribution in [3.63, 3.8) is 0 Å². The van der Waals surface area contributed by atoms with E-state index in [4.69, 9.17) is 5.73 Å². The molecule has 0 radical (unpaired) electrons. The predicted molar refractivity (Wildman–Crippen MR) is 100 cm³/mol. The van der Waals surface area contributed by atoms with Crippen molar-refractivity contribution in [1.29, 1.82) is 0 Å². The van der Waals surface area contributed by atoms with E-state index in [1.807, 2.05) is 44.2 Å². The molecule has 2 amide bonds. The first-order valence-corrected chi connectivity index (χ1v) is 8.41. The van der Waals surface area contributed by atoms with E-state index in [1.165, 1.54) is 0 Å². The van der Waals surface area contributed by atoms with E-state index >= 15 is 0 Å². The molecule has 0 fully saturated rings. The van der Waals surface area contributed by atoms with Gasteiger partial charge in [0.15, 0.2) is 0 Å². The lowest BCUT2D eigenvalue weighted by Crippen LogP contribution is -2.33. The molecule has 132 valence electrons. The number of nitrogens with one attached hydrogen (secondary N) is 2. The third-order valence-electron chi connectivity index (χ3n) is 3.99. The molecule has 25 heavy (non-hydrogen) atoms. The van der Waals surface area contributed by atoms with Gasteiger partial charge in [0.2, 0.25) is 5.91 Å². The molecule has 0 spiro atoms. The number of carbonyl (C=O) groups is 2. The second-order valence-electron chi connectivity index (χ2n) is 6.39. The summed E-state index contributed by atoms with van der Waals surface area (Å²) in [7, 11) is 0. The number of para-hydroxylation sites is 1. The summed E-state index contributed by atoms with van der Waals surface area (Å²) in [6, 6.07) is 16.1. The first kappa shape index (κ1) is 18.7. The van der Waals surface area contributed by atoms with Gasteiger partial charge in [-0.05, 0) is 31.5 Å². The van der Waals surface area contributed by atoms with Gasteiger partial charge >= 0.3 is 0 Å². The first-order valence-electron chi connectivity index (χ1n) is 8.41. The van der Waals surface area contributed by atoms with E-state index in [9.17, 15) is 9.59 Å². The molecule has 2 atom stereocenters. The summed E-state index contributed by atoms with van der Waals surface area (Å²) in [6.45, 7) is 5.56. The normalized spacial score (nSPS) is 13.2. The van der Waals surface area contributed by atoms with Crippen LogP contribution in [-0.2, 0) is 4.79 Å². The van der Waals surface area contributed by atoms with Crippen molar-refractivity contribution in [3.05, 3.63) is 65.7 Å². The molecule has 0 heterocycles. The van der Waals surface area contributed by atoms with Crippen LogP contribution in [0.3, 0.4) is 0 Å². The molecule has 0 saturated heterocycles. The average molecular weight is 339 g/mol. The van der Waals surface area contributed by atoms with Gasteiger partial charge in [0.05, 0.1) is 17.2 Å². The van der Waals surface area contributed by atoms with Crippen molar-refractivity contribution < 1.29 is 9.59 Å².